The topological polar surface area (TPSA) is 61.8 Å². The van der Waals surface area contributed by atoms with Crippen molar-refractivity contribution in [2.75, 3.05) is 19.7 Å². The molecule has 1 aliphatic rings. The number of carbonyl (C=O) groups excluding carboxylic acids is 1. The zero-order valence-corrected chi connectivity index (χ0v) is 15.0. The van der Waals surface area contributed by atoms with Gasteiger partial charge in [0.15, 0.2) is 0 Å². The normalized spacial score (nSPS) is 19.0. The van der Waals surface area contributed by atoms with Crippen molar-refractivity contribution in [1.82, 2.24) is 10.2 Å². The van der Waals surface area contributed by atoms with Gasteiger partial charge in [-0.15, -0.1) is 0 Å². The molecular weight excluding hydrogens is 304 g/mol. The van der Waals surface area contributed by atoms with Crippen LogP contribution in [0.3, 0.4) is 0 Å². The van der Waals surface area contributed by atoms with Crippen molar-refractivity contribution in [3.8, 4) is 5.75 Å². The van der Waals surface area contributed by atoms with Gasteiger partial charge in [-0.3, -0.25) is 9.69 Å². The van der Waals surface area contributed by atoms with Crippen molar-refractivity contribution in [2.45, 2.75) is 52.3 Å². The van der Waals surface area contributed by atoms with Crippen LogP contribution in [0.25, 0.3) is 0 Å². The van der Waals surface area contributed by atoms with Crippen LogP contribution in [0.5, 0.6) is 5.75 Å². The largest absolute Gasteiger partial charge is 0.508 e. The molecule has 134 valence electrons. The Labute approximate surface area is 145 Å². The van der Waals surface area contributed by atoms with E-state index in [1.165, 1.54) is 0 Å². The number of hydrogen-bond acceptors (Lipinski definition) is 4. The zero-order chi connectivity index (χ0) is 17.5. The summed E-state index contributed by atoms with van der Waals surface area (Å²) in [5.41, 5.74) is 0.834. The fraction of sp³-hybridized carbons (Fsp3) is 0.632. The molecule has 0 spiro atoms. The van der Waals surface area contributed by atoms with E-state index in [1.807, 2.05) is 19.1 Å². The van der Waals surface area contributed by atoms with Crippen molar-refractivity contribution in [3.63, 3.8) is 0 Å². The second kappa shape index (κ2) is 9.04. The molecule has 1 aromatic carbocycles. The second-order valence-corrected chi connectivity index (χ2v) is 7.03. The van der Waals surface area contributed by atoms with Gasteiger partial charge in [-0.25, -0.2) is 0 Å². The van der Waals surface area contributed by atoms with Crippen LogP contribution in [0.15, 0.2) is 24.3 Å². The number of nitrogens with zero attached hydrogens (tertiary/aromatic N) is 1. The van der Waals surface area contributed by atoms with Crippen LogP contribution in [-0.4, -0.2) is 47.8 Å². The molecule has 1 aromatic rings. The highest BCUT2D eigenvalue weighted by atomic mass is 16.5. The smallest absolute Gasteiger partial charge is 0.234 e. The molecule has 0 radical (unpaired) electrons. The Morgan fingerprint density at radius 3 is 2.75 bits per heavy atom. The monoisotopic (exact) mass is 334 g/mol. The molecule has 1 fully saturated rings. The van der Waals surface area contributed by atoms with Crippen molar-refractivity contribution in [3.05, 3.63) is 29.8 Å². The highest BCUT2D eigenvalue weighted by Gasteiger charge is 2.22. The van der Waals surface area contributed by atoms with Gasteiger partial charge in [-0.1, -0.05) is 32.0 Å². The van der Waals surface area contributed by atoms with Crippen LogP contribution in [0.4, 0.5) is 0 Å². The number of para-hydroxylation sites is 1. The first-order valence-corrected chi connectivity index (χ1v) is 8.86. The summed E-state index contributed by atoms with van der Waals surface area (Å²) >= 11 is 0. The van der Waals surface area contributed by atoms with E-state index in [-0.39, 0.29) is 23.8 Å². The molecule has 0 aliphatic carbocycles. The van der Waals surface area contributed by atoms with E-state index in [9.17, 15) is 9.90 Å². The van der Waals surface area contributed by atoms with Crippen LogP contribution in [-0.2, 0) is 16.1 Å². The number of benzene rings is 1. The van der Waals surface area contributed by atoms with Gasteiger partial charge in [0.2, 0.25) is 5.91 Å². The number of hydrogen-bond donors (Lipinski definition) is 2. The number of nitrogens with one attached hydrogen (secondary N) is 1. The molecule has 1 heterocycles. The van der Waals surface area contributed by atoms with Crippen molar-refractivity contribution < 1.29 is 14.6 Å². The van der Waals surface area contributed by atoms with E-state index in [0.29, 0.717) is 25.6 Å². The van der Waals surface area contributed by atoms with Crippen LogP contribution >= 0.6 is 0 Å². The lowest BCUT2D eigenvalue weighted by atomic mass is 10.1. The molecular formula is C19H30N2O3. The minimum atomic E-state index is 0.0182. The first-order valence-electron chi connectivity index (χ1n) is 8.86. The first-order chi connectivity index (χ1) is 11.5. The Morgan fingerprint density at radius 1 is 1.38 bits per heavy atom. The molecule has 2 N–H and O–H groups in total. The summed E-state index contributed by atoms with van der Waals surface area (Å²) in [6.45, 7) is 8.56. The number of phenolic OH excluding ortho intramolecular Hbond substituents is 1. The third kappa shape index (κ3) is 5.80. The molecule has 2 atom stereocenters. The van der Waals surface area contributed by atoms with Crippen LogP contribution in [0.1, 0.15) is 39.2 Å². The second-order valence-electron chi connectivity index (χ2n) is 7.03. The number of aromatic hydroxyl groups is 1. The predicted molar refractivity (Wildman–Crippen MR) is 94.8 cm³/mol. The van der Waals surface area contributed by atoms with E-state index < -0.39 is 0 Å². The molecule has 0 aromatic heterocycles. The summed E-state index contributed by atoms with van der Waals surface area (Å²) < 4.78 is 5.72. The maximum atomic E-state index is 12.4. The molecule has 24 heavy (non-hydrogen) atoms. The zero-order valence-electron chi connectivity index (χ0n) is 15.0. The molecule has 2 rings (SSSR count). The van der Waals surface area contributed by atoms with Crippen LogP contribution in [0.2, 0.25) is 0 Å². The molecule has 0 bridgehead atoms. The molecule has 5 heteroatoms. The number of phenols is 1. The third-order valence-electron chi connectivity index (χ3n) is 4.63. The Bertz CT molecular complexity index is 527. The Hall–Kier alpha value is -1.59. The summed E-state index contributed by atoms with van der Waals surface area (Å²) in [5.74, 6) is 0.689. The van der Waals surface area contributed by atoms with Crippen LogP contribution < -0.4 is 5.32 Å². The van der Waals surface area contributed by atoms with Gasteiger partial charge in [0.25, 0.3) is 0 Å². The fourth-order valence-electron chi connectivity index (χ4n) is 2.82. The van der Waals surface area contributed by atoms with Gasteiger partial charge >= 0.3 is 0 Å². The average molecular weight is 334 g/mol. The summed E-state index contributed by atoms with van der Waals surface area (Å²) in [5, 5.41) is 13.1. The van der Waals surface area contributed by atoms with Crippen molar-refractivity contribution in [2.24, 2.45) is 5.92 Å². The SMILES string of the molecule is CC(C)C(C)NC(=O)CN(Cc1ccccc1O)CC1CCCO1. The summed E-state index contributed by atoms with van der Waals surface area (Å²) in [4.78, 5) is 14.4. The van der Waals surface area contributed by atoms with Gasteiger partial charge in [0, 0.05) is 31.3 Å². The lowest BCUT2D eigenvalue weighted by Gasteiger charge is -2.26. The Kier molecular flexibility index (Phi) is 7.06. The average Bonchev–Trinajstić information content (AvgIpc) is 3.02. The molecule has 1 amide bonds. The van der Waals surface area contributed by atoms with Gasteiger partial charge in [0.05, 0.1) is 12.6 Å². The molecule has 5 nitrogen and oxygen atoms in total. The lowest BCUT2D eigenvalue weighted by Crippen LogP contribution is -2.44. The van der Waals surface area contributed by atoms with Gasteiger partial charge < -0.3 is 15.2 Å². The maximum Gasteiger partial charge on any atom is 0.234 e. The number of rotatable bonds is 8. The first kappa shape index (κ1) is 18.7. The maximum absolute atomic E-state index is 12.4. The van der Waals surface area contributed by atoms with Crippen molar-refractivity contribution in [1.29, 1.82) is 0 Å². The van der Waals surface area contributed by atoms with Crippen molar-refractivity contribution >= 4 is 5.91 Å². The minimum Gasteiger partial charge on any atom is -0.508 e. The highest BCUT2D eigenvalue weighted by molar-refractivity contribution is 5.78. The highest BCUT2D eigenvalue weighted by Crippen LogP contribution is 2.20. The number of amides is 1. The third-order valence-corrected chi connectivity index (χ3v) is 4.63. The standard InChI is InChI=1S/C19H30N2O3/c1-14(2)15(3)20-19(23)13-21(12-17-8-6-10-24-17)11-16-7-4-5-9-18(16)22/h4-5,7,9,14-15,17,22H,6,8,10-13H2,1-3H3,(H,20,23). The summed E-state index contributed by atoms with van der Waals surface area (Å²) in [6.07, 6.45) is 2.28. The van der Waals surface area contributed by atoms with E-state index in [0.717, 1.165) is 25.0 Å². The fourth-order valence-corrected chi connectivity index (χ4v) is 2.82. The minimum absolute atomic E-state index is 0.0182. The van der Waals surface area contributed by atoms with E-state index in [4.69, 9.17) is 4.74 Å². The molecule has 1 aliphatic heterocycles. The van der Waals surface area contributed by atoms with Crippen LogP contribution in [0, 0.1) is 5.92 Å². The Morgan fingerprint density at radius 2 is 2.12 bits per heavy atom. The van der Waals surface area contributed by atoms with E-state index in [2.05, 4.69) is 24.1 Å². The Balaban J connectivity index is 1.99. The van der Waals surface area contributed by atoms with Gasteiger partial charge in [-0.2, -0.15) is 0 Å². The molecule has 1 saturated heterocycles. The summed E-state index contributed by atoms with van der Waals surface area (Å²) in [6, 6.07) is 7.43. The molecule has 2 unspecified atom stereocenters. The van der Waals surface area contributed by atoms with Gasteiger partial charge in [0.1, 0.15) is 5.75 Å². The predicted octanol–water partition coefficient (Wildman–Crippen LogP) is 2.53. The van der Waals surface area contributed by atoms with E-state index in [1.54, 1.807) is 12.1 Å². The molecule has 0 saturated carbocycles. The number of ether oxygens (including phenoxy) is 1. The van der Waals surface area contributed by atoms with E-state index >= 15 is 0 Å². The quantitative estimate of drug-likeness (QED) is 0.767. The lowest BCUT2D eigenvalue weighted by molar-refractivity contribution is -0.123. The van der Waals surface area contributed by atoms with Gasteiger partial charge in [-0.05, 0) is 31.7 Å². The summed E-state index contributed by atoms with van der Waals surface area (Å²) in [7, 11) is 0. The number of carbonyl (C=O) groups is 1.